The van der Waals surface area contributed by atoms with Gasteiger partial charge >= 0.3 is 0 Å². The van der Waals surface area contributed by atoms with E-state index in [-0.39, 0.29) is 18.5 Å². The van der Waals surface area contributed by atoms with Gasteiger partial charge in [-0.3, -0.25) is 9.69 Å². The number of hydrogen-bond donors (Lipinski definition) is 1. The van der Waals surface area contributed by atoms with Gasteiger partial charge in [0, 0.05) is 11.1 Å². The lowest BCUT2D eigenvalue weighted by atomic mass is 10.2. The van der Waals surface area contributed by atoms with Gasteiger partial charge in [0.1, 0.15) is 11.3 Å². The molecular weight excluding hydrogens is 314 g/mol. The first-order valence-electron chi connectivity index (χ1n) is 8.05. The molecule has 126 valence electrons. The monoisotopic (exact) mass is 333 g/mol. The van der Waals surface area contributed by atoms with Gasteiger partial charge in [-0.1, -0.05) is 24.3 Å². The molecule has 3 rings (SSSR count). The number of likely N-dealkylation sites (N-methyl/N-ethyl adjacent to an activating group) is 1. The lowest BCUT2D eigenvalue weighted by Crippen LogP contribution is -2.32. The molecule has 0 aliphatic carbocycles. The number of hydrogen-bond acceptors (Lipinski definition) is 4. The third-order valence-electron chi connectivity index (χ3n) is 4.19. The standard InChI is InChI=1S/C20H19N3O2/c1-14(19-11-16-7-3-4-9-18(16)25-19)23(2)13-20(24)22-17-8-5-6-15(10-17)12-21/h3-11,14H,13H2,1-2H3,(H,22,24)/t14-/m0/s1. The Bertz CT molecular complexity index is 906. The number of para-hydroxylation sites is 1. The minimum atomic E-state index is -0.138. The first-order chi connectivity index (χ1) is 12.1. The van der Waals surface area contributed by atoms with E-state index in [0.29, 0.717) is 11.3 Å². The van der Waals surface area contributed by atoms with Crippen molar-refractivity contribution in [3.8, 4) is 6.07 Å². The maximum absolute atomic E-state index is 12.3. The maximum Gasteiger partial charge on any atom is 0.238 e. The second kappa shape index (κ2) is 7.20. The summed E-state index contributed by atoms with van der Waals surface area (Å²) >= 11 is 0. The van der Waals surface area contributed by atoms with Gasteiger partial charge in [-0.25, -0.2) is 0 Å². The van der Waals surface area contributed by atoms with Crippen LogP contribution in [-0.4, -0.2) is 24.4 Å². The molecule has 5 heteroatoms. The SMILES string of the molecule is C[C@@H](c1cc2ccccc2o1)N(C)CC(=O)Nc1cccc(C#N)c1. The zero-order chi connectivity index (χ0) is 17.8. The second-order valence-corrected chi connectivity index (χ2v) is 6.02. The molecule has 25 heavy (non-hydrogen) atoms. The van der Waals surface area contributed by atoms with Crippen LogP contribution in [0.4, 0.5) is 5.69 Å². The lowest BCUT2D eigenvalue weighted by Gasteiger charge is -2.22. The number of amides is 1. The number of carbonyl (C=O) groups excluding carboxylic acids is 1. The van der Waals surface area contributed by atoms with Gasteiger partial charge in [-0.2, -0.15) is 5.26 Å². The van der Waals surface area contributed by atoms with E-state index < -0.39 is 0 Å². The lowest BCUT2D eigenvalue weighted by molar-refractivity contribution is -0.117. The topological polar surface area (TPSA) is 69.3 Å². The highest BCUT2D eigenvalue weighted by Crippen LogP contribution is 2.26. The molecule has 1 aromatic heterocycles. The van der Waals surface area contributed by atoms with Crippen LogP contribution in [0.2, 0.25) is 0 Å². The molecule has 1 heterocycles. The molecule has 1 atom stereocenters. The van der Waals surface area contributed by atoms with Crippen LogP contribution < -0.4 is 5.32 Å². The number of nitriles is 1. The van der Waals surface area contributed by atoms with E-state index in [2.05, 4.69) is 11.4 Å². The van der Waals surface area contributed by atoms with Crippen molar-refractivity contribution in [1.29, 1.82) is 5.26 Å². The molecule has 0 unspecified atom stereocenters. The summed E-state index contributed by atoms with van der Waals surface area (Å²) in [5.74, 6) is 0.684. The Morgan fingerprint density at radius 3 is 2.80 bits per heavy atom. The van der Waals surface area contributed by atoms with Crippen molar-refractivity contribution in [2.75, 3.05) is 18.9 Å². The van der Waals surface area contributed by atoms with Crippen LogP contribution in [0.1, 0.15) is 24.3 Å². The highest BCUT2D eigenvalue weighted by molar-refractivity contribution is 5.92. The van der Waals surface area contributed by atoms with Gasteiger partial charge < -0.3 is 9.73 Å². The van der Waals surface area contributed by atoms with Gasteiger partial charge in [-0.15, -0.1) is 0 Å². The van der Waals surface area contributed by atoms with Crippen molar-refractivity contribution in [1.82, 2.24) is 4.90 Å². The second-order valence-electron chi connectivity index (χ2n) is 6.02. The predicted molar refractivity (Wildman–Crippen MR) is 97.0 cm³/mol. The molecule has 3 aromatic rings. The Kier molecular flexibility index (Phi) is 4.82. The fourth-order valence-electron chi connectivity index (χ4n) is 2.66. The number of nitrogens with zero attached hydrogens (tertiary/aromatic N) is 2. The molecule has 0 spiro atoms. The van der Waals surface area contributed by atoms with E-state index in [0.717, 1.165) is 16.7 Å². The van der Waals surface area contributed by atoms with Crippen molar-refractivity contribution < 1.29 is 9.21 Å². The van der Waals surface area contributed by atoms with Crippen LogP contribution in [0.15, 0.2) is 59.0 Å². The summed E-state index contributed by atoms with van der Waals surface area (Å²) in [6.45, 7) is 2.22. The largest absolute Gasteiger partial charge is 0.459 e. The molecular formula is C20H19N3O2. The zero-order valence-corrected chi connectivity index (χ0v) is 14.2. The summed E-state index contributed by atoms with van der Waals surface area (Å²) in [7, 11) is 1.88. The Balaban J connectivity index is 1.65. The molecule has 2 aromatic carbocycles. The van der Waals surface area contributed by atoms with Crippen molar-refractivity contribution in [2.45, 2.75) is 13.0 Å². The normalized spacial score (nSPS) is 12.1. The van der Waals surface area contributed by atoms with Crippen LogP contribution >= 0.6 is 0 Å². The summed E-state index contributed by atoms with van der Waals surface area (Å²) in [5.41, 5.74) is 1.98. The highest BCUT2D eigenvalue weighted by atomic mass is 16.3. The maximum atomic E-state index is 12.3. The predicted octanol–water partition coefficient (Wildman–Crippen LogP) is 3.94. The van der Waals surface area contributed by atoms with E-state index in [9.17, 15) is 4.79 Å². The van der Waals surface area contributed by atoms with E-state index in [4.69, 9.17) is 9.68 Å². The van der Waals surface area contributed by atoms with Crippen molar-refractivity contribution >= 4 is 22.6 Å². The Morgan fingerprint density at radius 1 is 1.24 bits per heavy atom. The number of rotatable bonds is 5. The van der Waals surface area contributed by atoms with Gasteiger partial charge in [-0.05, 0) is 44.3 Å². The molecule has 5 nitrogen and oxygen atoms in total. The number of carbonyl (C=O) groups is 1. The van der Waals surface area contributed by atoms with Crippen molar-refractivity contribution in [2.24, 2.45) is 0 Å². The molecule has 0 saturated heterocycles. The van der Waals surface area contributed by atoms with E-state index in [1.54, 1.807) is 24.3 Å². The molecule has 0 fully saturated rings. The average molecular weight is 333 g/mol. The summed E-state index contributed by atoms with van der Waals surface area (Å²) < 4.78 is 5.87. The zero-order valence-electron chi connectivity index (χ0n) is 14.2. The summed E-state index contributed by atoms with van der Waals surface area (Å²) in [6, 6.07) is 18.7. The number of furan rings is 1. The quantitative estimate of drug-likeness (QED) is 0.768. The van der Waals surface area contributed by atoms with Crippen LogP contribution in [-0.2, 0) is 4.79 Å². The van der Waals surface area contributed by atoms with E-state index in [1.165, 1.54) is 0 Å². The first-order valence-corrected chi connectivity index (χ1v) is 8.05. The molecule has 1 N–H and O–H groups in total. The molecule has 0 radical (unpaired) electrons. The van der Waals surface area contributed by atoms with Crippen LogP contribution in [0.25, 0.3) is 11.0 Å². The van der Waals surface area contributed by atoms with E-state index in [1.807, 2.05) is 49.2 Å². The minimum Gasteiger partial charge on any atom is -0.459 e. The number of fused-ring (bicyclic) bond motifs is 1. The summed E-state index contributed by atoms with van der Waals surface area (Å²) in [4.78, 5) is 14.2. The highest BCUT2D eigenvalue weighted by Gasteiger charge is 2.18. The number of nitrogens with one attached hydrogen (secondary N) is 1. The molecule has 0 aliphatic rings. The first kappa shape index (κ1) is 16.7. The fraction of sp³-hybridized carbons (Fsp3) is 0.200. The third kappa shape index (κ3) is 3.87. The third-order valence-corrected chi connectivity index (χ3v) is 4.19. The van der Waals surface area contributed by atoms with Gasteiger partial charge in [0.05, 0.1) is 24.2 Å². The molecule has 1 amide bonds. The molecule has 0 aliphatic heterocycles. The fourth-order valence-corrected chi connectivity index (χ4v) is 2.66. The molecule has 0 saturated carbocycles. The van der Waals surface area contributed by atoms with Gasteiger partial charge in [0.25, 0.3) is 0 Å². The van der Waals surface area contributed by atoms with Gasteiger partial charge in [0.2, 0.25) is 5.91 Å². The minimum absolute atomic E-state index is 0.0383. The number of anilines is 1. The van der Waals surface area contributed by atoms with Crippen LogP contribution in [0, 0.1) is 11.3 Å². The van der Waals surface area contributed by atoms with E-state index >= 15 is 0 Å². The van der Waals surface area contributed by atoms with Crippen molar-refractivity contribution in [3.05, 3.63) is 65.9 Å². The Hall–Kier alpha value is -3.10. The Morgan fingerprint density at radius 2 is 2.04 bits per heavy atom. The van der Waals surface area contributed by atoms with Crippen LogP contribution in [0.3, 0.4) is 0 Å². The van der Waals surface area contributed by atoms with Gasteiger partial charge in [0.15, 0.2) is 0 Å². The smallest absolute Gasteiger partial charge is 0.238 e. The average Bonchev–Trinajstić information content (AvgIpc) is 3.05. The number of benzene rings is 2. The van der Waals surface area contributed by atoms with Crippen molar-refractivity contribution in [3.63, 3.8) is 0 Å². The molecule has 0 bridgehead atoms. The summed E-state index contributed by atoms with van der Waals surface area (Å²) in [5, 5.41) is 12.8. The van der Waals surface area contributed by atoms with Crippen LogP contribution in [0.5, 0.6) is 0 Å². The Labute approximate surface area is 146 Å². The summed E-state index contributed by atoms with van der Waals surface area (Å²) in [6.07, 6.45) is 0.